The fraction of sp³-hybridized carbons (Fsp3) is 0.400. The number of rotatable bonds is 7. The highest BCUT2D eigenvalue weighted by molar-refractivity contribution is 6.30. The van der Waals surface area contributed by atoms with Crippen molar-refractivity contribution in [1.82, 2.24) is 10.4 Å². The molecule has 128 valence electrons. The maximum absolute atomic E-state index is 5.90. The quantitative estimate of drug-likeness (QED) is 0.737. The van der Waals surface area contributed by atoms with Crippen molar-refractivity contribution >= 4 is 17.3 Å². The molecule has 1 heterocycles. The molecule has 0 spiro atoms. The van der Waals surface area contributed by atoms with Crippen molar-refractivity contribution < 1.29 is 0 Å². The largest absolute Gasteiger partial charge is 0.384 e. The van der Waals surface area contributed by atoms with E-state index in [9.17, 15) is 0 Å². The first kappa shape index (κ1) is 17.3. The predicted octanol–water partition coefficient (Wildman–Crippen LogP) is 4.21. The maximum atomic E-state index is 5.90. The molecular formula is C20H26ClN3. The highest BCUT2D eigenvalue weighted by Gasteiger charge is 2.19. The Kier molecular flexibility index (Phi) is 6.53. The van der Waals surface area contributed by atoms with Crippen molar-refractivity contribution in [3.63, 3.8) is 0 Å². The van der Waals surface area contributed by atoms with Crippen LogP contribution >= 0.6 is 11.6 Å². The lowest BCUT2D eigenvalue weighted by atomic mass is 9.92. The second kappa shape index (κ2) is 9.07. The molecule has 2 N–H and O–H groups in total. The van der Waals surface area contributed by atoms with Crippen molar-refractivity contribution in [2.45, 2.75) is 19.3 Å². The zero-order chi connectivity index (χ0) is 16.6. The van der Waals surface area contributed by atoms with Gasteiger partial charge in [-0.15, -0.1) is 0 Å². The Morgan fingerprint density at radius 2 is 1.79 bits per heavy atom. The van der Waals surface area contributed by atoms with Crippen LogP contribution in [0.5, 0.6) is 0 Å². The Hall–Kier alpha value is -1.55. The van der Waals surface area contributed by atoms with Crippen molar-refractivity contribution in [1.29, 1.82) is 0 Å². The lowest BCUT2D eigenvalue weighted by molar-refractivity contribution is 0.117. The fourth-order valence-corrected chi connectivity index (χ4v) is 3.44. The number of hydrogen-bond donors (Lipinski definition) is 2. The molecule has 1 aliphatic heterocycles. The number of anilines is 1. The van der Waals surface area contributed by atoms with Crippen LogP contribution in [0, 0.1) is 5.92 Å². The van der Waals surface area contributed by atoms with Gasteiger partial charge in [0.1, 0.15) is 0 Å². The van der Waals surface area contributed by atoms with Crippen LogP contribution in [0.2, 0.25) is 5.02 Å². The highest BCUT2D eigenvalue weighted by atomic mass is 35.5. The summed E-state index contributed by atoms with van der Waals surface area (Å²) < 4.78 is 0. The molecule has 2 aromatic rings. The van der Waals surface area contributed by atoms with Crippen LogP contribution < -0.4 is 10.7 Å². The van der Waals surface area contributed by atoms with E-state index in [1.54, 1.807) is 0 Å². The van der Waals surface area contributed by atoms with Crippen LogP contribution in [-0.4, -0.2) is 31.2 Å². The van der Waals surface area contributed by atoms with Gasteiger partial charge in [0, 0.05) is 36.9 Å². The zero-order valence-corrected chi connectivity index (χ0v) is 14.8. The average molecular weight is 344 g/mol. The minimum atomic E-state index is 0.748. The van der Waals surface area contributed by atoms with Crippen LogP contribution in [-0.2, 0) is 6.42 Å². The first-order chi connectivity index (χ1) is 11.8. The standard InChI is InChI=1S/C20H26ClN3/c21-19-8-10-20(11-9-19)22-12-13-23-24-14-4-7-18(16-24)15-17-5-2-1-3-6-17/h1-3,5-6,8-11,18,22-23H,4,7,12-16H2/t18-/m1/s1. The Labute approximate surface area is 150 Å². The summed E-state index contributed by atoms with van der Waals surface area (Å²) in [6.07, 6.45) is 3.78. The summed E-state index contributed by atoms with van der Waals surface area (Å²) in [5.74, 6) is 0.748. The molecule has 0 aromatic heterocycles. The number of benzene rings is 2. The van der Waals surface area contributed by atoms with Crippen LogP contribution in [0.15, 0.2) is 54.6 Å². The smallest absolute Gasteiger partial charge is 0.0407 e. The minimum absolute atomic E-state index is 0.748. The minimum Gasteiger partial charge on any atom is -0.384 e. The molecule has 1 aliphatic rings. The van der Waals surface area contributed by atoms with Crippen molar-refractivity contribution in [2.24, 2.45) is 5.92 Å². The normalized spacial score (nSPS) is 18.5. The molecule has 0 bridgehead atoms. The summed E-state index contributed by atoms with van der Waals surface area (Å²) in [6, 6.07) is 18.7. The van der Waals surface area contributed by atoms with Gasteiger partial charge in [-0.05, 0) is 55.0 Å². The molecule has 1 saturated heterocycles. The Morgan fingerprint density at radius 3 is 2.58 bits per heavy atom. The molecule has 4 heteroatoms. The summed E-state index contributed by atoms with van der Waals surface area (Å²) in [5.41, 5.74) is 6.13. The number of piperidine rings is 1. The van der Waals surface area contributed by atoms with Gasteiger partial charge in [0.2, 0.25) is 0 Å². The third kappa shape index (κ3) is 5.52. The number of nitrogens with zero attached hydrogens (tertiary/aromatic N) is 1. The molecule has 0 unspecified atom stereocenters. The summed E-state index contributed by atoms with van der Waals surface area (Å²) in [5, 5.41) is 6.58. The summed E-state index contributed by atoms with van der Waals surface area (Å²) in [4.78, 5) is 0. The van der Waals surface area contributed by atoms with Gasteiger partial charge in [-0.25, -0.2) is 5.01 Å². The second-order valence-corrected chi connectivity index (χ2v) is 6.92. The van der Waals surface area contributed by atoms with Crippen molar-refractivity contribution in [2.75, 3.05) is 31.5 Å². The Balaban J connectivity index is 1.37. The first-order valence-electron chi connectivity index (χ1n) is 8.81. The monoisotopic (exact) mass is 343 g/mol. The Morgan fingerprint density at radius 1 is 1.00 bits per heavy atom. The molecule has 3 rings (SSSR count). The molecule has 0 amide bonds. The van der Waals surface area contributed by atoms with E-state index in [1.807, 2.05) is 24.3 Å². The number of hydrazine groups is 1. The van der Waals surface area contributed by atoms with E-state index >= 15 is 0 Å². The van der Waals surface area contributed by atoms with E-state index in [1.165, 1.54) is 24.8 Å². The van der Waals surface area contributed by atoms with Crippen LogP contribution in [0.4, 0.5) is 5.69 Å². The number of halogens is 1. The van der Waals surface area contributed by atoms with E-state index in [4.69, 9.17) is 11.6 Å². The molecule has 24 heavy (non-hydrogen) atoms. The van der Waals surface area contributed by atoms with E-state index in [-0.39, 0.29) is 0 Å². The molecule has 0 aliphatic carbocycles. The van der Waals surface area contributed by atoms with Crippen molar-refractivity contribution in [3.05, 3.63) is 65.2 Å². The van der Waals surface area contributed by atoms with E-state index in [2.05, 4.69) is 46.1 Å². The molecule has 1 atom stereocenters. The predicted molar refractivity (Wildman–Crippen MR) is 102 cm³/mol. The summed E-state index contributed by atoms with van der Waals surface area (Å²) in [6.45, 7) is 4.12. The van der Waals surface area contributed by atoms with Crippen LogP contribution in [0.3, 0.4) is 0 Å². The van der Waals surface area contributed by atoms with Gasteiger partial charge in [0.25, 0.3) is 0 Å². The van der Waals surface area contributed by atoms with Gasteiger partial charge < -0.3 is 5.32 Å². The number of hydrogen-bond acceptors (Lipinski definition) is 3. The van der Waals surface area contributed by atoms with Gasteiger partial charge in [-0.2, -0.15) is 0 Å². The molecule has 0 saturated carbocycles. The first-order valence-corrected chi connectivity index (χ1v) is 9.19. The summed E-state index contributed by atoms with van der Waals surface area (Å²) in [7, 11) is 0. The lowest BCUT2D eigenvalue weighted by Gasteiger charge is -2.33. The van der Waals surface area contributed by atoms with Crippen LogP contribution in [0.25, 0.3) is 0 Å². The topological polar surface area (TPSA) is 27.3 Å². The molecule has 2 aromatic carbocycles. The molecule has 3 nitrogen and oxygen atoms in total. The fourth-order valence-electron chi connectivity index (χ4n) is 3.31. The van der Waals surface area contributed by atoms with Crippen LogP contribution in [0.1, 0.15) is 18.4 Å². The SMILES string of the molecule is Clc1ccc(NCCNN2CCC[C@H](Cc3ccccc3)C2)cc1. The third-order valence-corrected chi connectivity index (χ3v) is 4.77. The summed E-state index contributed by atoms with van der Waals surface area (Å²) >= 11 is 5.90. The Bertz CT molecular complexity index is 600. The van der Waals surface area contributed by atoms with Gasteiger partial charge in [0.15, 0.2) is 0 Å². The lowest BCUT2D eigenvalue weighted by Crippen LogP contribution is -2.46. The maximum Gasteiger partial charge on any atom is 0.0407 e. The highest BCUT2D eigenvalue weighted by Crippen LogP contribution is 2.19. The zero-order valence-electron chi connectivity index (χ0n) is 14.0. The second-order valence-electron chi connectivity index (χ2n) is 6.49. The molecular weight excluding hydrogens is 318 g/mol. The van der Waals surface area contributed by atoms with Gasteiger partial charge >= 0.3 is 0 Å². The third-order valence-electron chi connectivity index (χ3n) is 4.52. The average Bonchev–Trinajstić information content (AvgIpc) is 2.61. The van der Waals surface area contributed by atoms with Crippen molar-refractivity contribution in [3.8, 4) is 0 Å². The number of nitrogens with one attached hydrogen (secondary N) is 2. The molecule has 1 fully saturated rings. The van der Waals surface area contributed by atoms with E-state index in [0.717, 1.165) is 42.8 Å². The van der Waals surface area contributed by atoms with Gasteiger partial charge in [-0.1, -0.05) is 41.9 Å². The van der Waals surface area contributed by atoms with E-state index < -0.39 is 0 Å². The molecule has 0 radical (unpaired) electrons. The van der Waals surface area contributed by atoms with E-state index in [0.29, 0.717) is 0 Å². The van der Waals surface area contributed by atoms with Gasteiger partial charge in [0.05, 0.1) is 0 Å². The van der Waals surface area contributed by atoms with Gasteiger partial charge in [-0.3, -0.25) is 5.43 Å².